The molecule has 0 bridgehead atoms. The molecular formula is C16H20N2O4. The molecule has 1 heterocycles. The summed E-state index contributed by atoms with van der Waals surface area (Å²) in [6, 6.07) is 0. The lowest BCUT2D eigenvalue weighted by Crippen LogP contribution is -2.55. The number of nitrogens with zero attached hydrogens (tertiary/aromatic N) is 1. The van der Waals surface area contributed by atoms with Crippen LogP contribution in [-0.2, 0) is 11.3 Å². The standard InChI is InChI=1S/C16H20N2O4/c19-14-12-3-1-2-4-13(12)17-16(22)18(14)9-10-5-7-11(8-6-10)15(20)21/h3-4,10-11H,1-2,5-9H2,(H,17,22)(H,20,21). The second-order valence-electron chi connectivity index (χ2n) is 6.21. The average Bonchev–Trinajstić information content (AvgIpc) is 2.52. The molecule has 6 heteroatoms. The Balaban J connectivity index is 1.84. The predicted octanol–water partition coefficient (Wildman–Crippen LogP) is -0.218. The number of hydrogen-bond acceptors (Lipinski definition) is 3. The van der Waals surface area contributed by atoms with Gasteiger partial charge in [-0.1, -0.05) is 12.2 Å². The monoisotopic (exact) mass is 304 g/mol. The van der Waals surface area contributed by atoms with Gasteiger partial charge in [-0.15, -0.1) is 0 Å². The largest absolute Gasteiger partial charge is 0.481 e. The molecule has 2 aliphatic rings. The maximum atomic E-state index is 12.5. The Kier molecular flexibility index (Phi) is 4.00. The molecule has 6 nitrogen and oxygen atoms in total. The second kappa shape index (κ2) is 5.94. The molecule has 2 aliphatic carbocycles. The number of rotatable bonds is 3. The summed E-state index contributed by atoms with van der Waals surface area (Å²) in [6.07, 6.45) is 8.16. The fourth-order valence-corrected chi connectivity index (χ4v) is 3.43. The van der Waals surface area contributed by atoms with Gasteiger partial charge in [0.2, 0.25) is 0 Å². The van der Waals surface area contributed by atoms with Crippen LogP contribution in [0, 0.1) is 11.8 Å². The van der Waals surface area contributed by atoms with Gasteiger partial charge in [-0.05, 0) is 44.4 Å². The van der Waals surface area contributed by atoms with Crippen molar-refractivity contribution in [2.24, 2.45) is 11.8 Å². The smallest absolute Gasteiger partial charge is 0.328 e. The Morgan fingerprint density at radius 2 is 1.86 bits per heavy atom. The minimum absolute atomic E-state index is 0.194. The zero-order valence-corrected chi connectivity index (χ0v) is 12.4. The Bertz CT molecular complexity index is 810. The zero-order chi connectivity index (χ0) is 15.7. The summed E-state index contributed by atoms with van der Waals surface area (Å²) in [5.74, 6) is -0.829. The van der Waals surface area contributed by atoms with Crippen molar-refractivity contribution in [1.29, 1.82) is 0 Å². The van der Waals surface area contributed by atoms with Crippen LogP contribution in [0.2, 0.25) is 0 Å². The van der Waals surface area contributed by atoms with Crippen LogP contribution < -0.4 is 21.8 Å². The molecule has 0 atom stereocenters. The highest BCUT2D eigenvalue weighted by atomic mass is 16.4. The van der Waals surface area contributed by atoms with E-state index in [4.69, 9.17) is 5.11 Å². The van der Waals surface area contributed by atoms with E-state index in [2.05, 4.69) is 4.98 Å². The van der Waals surface area contributed by atoms with Crippen molar-refractivity contribution in [3.63, 3.8) is 0 Å². The van der Waals surface area contributed by atoms with E-state index in [9.17, 15) is 14.4 Å². The van der Waals surface area contributed by atoms with Crippen molar-refractivity contribution >= 4 is 18.1 Å². The van der Waals surface area contributed by atoms with E-state index in [0.29, 0.717) is 30.0 Å². The van der Waals surface area contributed by atoms with Crippen molar-refractivity contribution < 1.29 is 9.90 Å². The Morgan fingerprint density at radius 1 is 1.18 bits per heavy atom. The molecule has 0 aliphatic heterocycles. The van der Waals surface area contributed by atoms with Crippen molar-refractivity contribution in [2.75, 3.05) is 0 Å². The number of hydrogen-bond donors (Lipinski definition) is 2. The van der Waals surface area contributed by atoms with Gasteiger partial charge in [0.25, 0.3) is 5.56 Å². The van der Waals surface area contributed by atoms with Gasteiger partial charge in [-0.3, -0.25) is 14.2 Å². The lowest BCUT2D eigenvalue weighted by molar-refractivity contribution is -0.143. The number of carbonyl (C=O) groups is 1. The lowest BCUT2D eigenvalue weighted by atomic mass is 9.82. The Labute approximate surface area is 126 Å². The molecular weight excluding hydrogens is 284 g/mol. The summed E-state index contributed by atoms with van der Waals surface area (Å²) in [5, 5.41) is 10.2. The van der Waals surface area contributed by atoms with Gasteiger partial charge in [0.1, 0.15) is 0 Å². The van der Waals surface area contributed by atoms with E-state index in [0.717, 1.165) is 25.7 Å². The first-order valence-corrected chi connectivity index (χ1v) is 7.82. The van der Waals surface area contributed by atoms with Gasteiger partial charge in [0.15, 0.2) is 0 Å². The summed E-state index contributed by atoms with van der Waals surface area (Å²) in [6.45, 7) is 0.377. The number of nitrogens with one attached hydrogen (secondary N) is 1. The third kappa shape index (κ3) is 2.77. The Hall–Kier alpha value is -2.11. The average molecular weight is 304 g/mol. The first-order valence-electron chi connectivity index (χ1n) is 7.82. The quantitative estimate of drug-likeness (QED) is 0.808. The van der Waals surface area contributed by atoms with Gasteiger partial charge in [-0.2, -0.15) is 0 Å². The summed E-state index contributed by atoms with van der Waals surface area (Å²) in [7, 11) is 0. The molecule has 0 aromatic carbocycles. The van der Waals surface area contributed by atoms with Crippen LogP contribution >= 0.6 is 0 Å². The van der Waals surface area contributed by atoms with Crippen LogP contribution in [0.15, 0.2) is 9.59 Å². The number of aromatic amines is 1. The molecule has 0 saturated heterocycles. The minimum atomic E-state index is -0.743. The molecule has 0 radical (unpaired) electrons. The van der Waals surface area contributed by atoms with E-state index in [-0.39, 0.29) is 23.1 Å². The number of carboxylic acid groups (broad SMARTS) is 1. The fourth-order valence-electron chi connectivity index (χ4n) is 3.43. The summed E-state index contributed by atoms with van der Waals surface area (Å²) >= 11 is 0. The molecule has 1 fully saturated rings. The summed E-state index contributed by atoms with van der Waals surface area (Å²) in [4.78, 5) is 38.4. The van der Waals surface area contributed by atoms with Crippen LogP contribution in [0.5, 0.6) is 0 Å². The van der Waals surface area contributed by atoms with E-state index < -0.39 is 5.97 Å². The van der Waals surface area contributed by atoms with Crippen LogP contribution in [-0.4, -0.2) is 20.6 Å². The maximum absolute atomic E-state index is 12.5. The second-order valence-corrected chi connectivity index (χ2v) is 6.21. The predicted molar refractivity (Wildman–Crippen MR) is 81.8 cm³/mol. The summed E-state index contributed by atoms with van der Waals surface area (Å²) in [5.41, 5.74) is -0.592. The van der Waals surface area contributed by atoms with Crippen LogP contribution in [0.4, 0.5) is 0 Å². The van der Waals surface area contributed by atoms with Crippen molar-refractivity contribution in [2.45, 2.75) is 45.1 Å². The Morgan fingerprint density at radius 3 is 2.55 bits per heavy atom. The topological polar surface area (TPSA) is 92.2 Å². The van der Waals surface area contributed by atoms with E-state index in [1.165, 1.54) is 4.57 Å². The van der Waals surface area contributed by atoms with Crippen molar-refractivity contribution in [3.05, 3.63) is 31.4 Å². The third-order valence-electron chi connectivity index (χ3n) is 4.75. The van der Waals surface area contributed by atoms with Crippen molar-refractivity contribution in [1.82, 2.24) is 9.55 Å². The number of H-pyrrole nitrogens is 1. The zero-order valence-electron chi connectivity index (χ0n) is 12.4. The minimum Gasteiger partial charge on any atom is -0.481 e. The molecule has 1 saturated carbocycles. The molecule has 0 unspecified atom stereocenters. The molecule has 1 aromatic rings. The fraction of sp³-hybridized carbons (Fsp3) is 0.562. The number of aliphatic carboxylic acids is 1. The van der Waals surface area contributed by atoms with Gasteiger partial charge in [0, 0.05) is 6.54 Å². The van der Waals surface area contributed by atoms with Gasteiger partial charge in [-0.25, -0.2) is 4.79 Å². The lowest BCUT2D eigenvalue weighted by Gasteiger charge is -2.26. The molecule has 118 valence electrons. The number of aromatic nitrogens is 2. The molecule has 1 aromatic heterocycles. The molecule has 0 amide bonds. The highest BCUT2D eigenvalue weighted by Crippen LogP contribution is 2.29. The SMILES string of the molecule is O=C(O)C1CCC(Cn2c(=O)[nH]c3c(c2=O)=CCCC=3)CC1. The summed E-state index contributed by atoms with van der Waals surface area (Å²) < 4.78 is 1.28. The molecule has 2 N–H and O–H groups in total. The highest BCUT2D eigenvalue weighted by Gasteiger charge is 2.26. The first kappa shape index (κ1) is 14.8. The van der Waals surface area contributed by atoms with Crippen LogP contribution in [0.25, 0.3) is 12.2 Å². The third-order valence-corrected chi connectivity index (χ3v) is 4.75. The van der Waals surface area contributed by atoms with E-state index in [1.807, 2.05) is 12.2 Å². The highest BCUT2D eigenvalue weighted by molar-refractivity contribution is 5.69. The van der Waals surface area contributed by atoms with E-state index in [1.54, 1.807) is 0 Å². The van der Waals surface area contributed by atoms with Gasteiger partial charge >= 0.3 is 11.7 Å². The van der Waals surface area contributed by atoms with Crippen LogP contribution in [0.3, 0.4) is 0 Å². The number of carboxylic acids is 1. The van der Waals surface area contributed by atoms with Gasteiger partial charge in [0.05, 0.1) is 16.5 Å². The van der Waals surface area contributed by atoms with E-state index >= 15 is 0 Å². The molecule has 0 spiro atoms. The normalized spacial score (nSPS) is 24.0. The maximum Gasteiger partial charge on any atom is 0.328 e. The van der Waals surface area contributed by atoms with Crippen molar-refractivity contribution in [3.8, 4) is 0 Å². The molecule has 3 rings (SSSR count). The first-order chi connectivity index (χ1) is 10.6. The van der Waals surface area contributed by atoms with Crippen LogP contribution in [0.1, 0.15) is 38.5 Å². The van der Waals surface area contributed by atoms with Gasteiger partial charge < -0.3 is 10.1 Å². The number of fused-ring (bicyclic) bond motifs is 1. The molecule has 22 heavy (non-hydrogen) atoms.